The van der Waals surface area contributed by atoms with Crippen molar-refractivity contribution in [3.05, 3.63) is 57.8 Å². The molecule has 3 rings (SSSR count). The molecule has 1 heterocycles. The summed E-state index contributed by atoms with van der Waals surface area (Å²) in [5.74, 6) is 0.405. The van der Waals surface area contributed by atoms with E-state index in [9.17, 15) is 9.18 Å². The van der Waals surface area contributed by atoms with Crippen LogP contribution in [0.4, 0.5) is 4.39 Å². The second-order valence-corrected chi connectivity index (χ2v) is 8.23. The third kappa shape index (κ3) is 5.21. The van der Waals surface area contributed by atoms with E-state index in [0.29, 0.717) is 16.5 Å². The van der Waals surface area contributed by atoms with Gasteiger partial charge in [0.15, 0.2) is 6.61 Å². The van der Waals surface area contributed by atoms with Crippen molar-refractivity contribution in [2.45, 2.75) is 17.6 Å². The Morgan fingerprint density at radius 3 is 2.79 bits per heavy atom. The molecule has 0 spiro atoms. The number of hydrogen-bond acceptors (Lipinski definition) is 7. The van der Waals surface area contributed by atoms with Crippen molar-refractivity contribution in [1.29, 1.82) is 0 Å². The first kappa shape index (κ1) is 20.6. The van der Waals surface area contributed by atoms with Crippen LogP contribution in [0.25, 0.3) is 10.6 Å². The third-order valence-corrected chi connectivity index (χ3v) is 6.17. The number of aromatic nitrogens is 2. The van der Waals surface area contributed by atoms with Gasteiger partial charge in [-0.1, -0.05) is 22.9 Å². The van der Waals surface area contributed by atoms with E-state index in [1.54, 1.807) is 23.9 Å². The maximum Gasteiger partial charge on any atom is 0.343 e. The molecule has 0 saturated carbocycles. The first-order valence-corrected chi connectivity index (χ1v) is 10.3. The number of benzene rings is 2. The number of rotatable bonds is 7. The molecular weight excluding hydrogens is 423 g/mol. The Balaban J connectivity index is 1.61. The number of aryl methyl sites for hydroxylation is 1. The lowest BCUT2D eigenvalue weighted by Crippen LogP contribution is -2.12. The molecule has 3 aromatic rings. The van der Waals surface area contributed by atoms with Crippen LogP contribution >= 0.6 is 34.7 Å². The smallest absolute Gasteiger partial charge is 0.343 e. The summed E-state index contributed by atoms with van der Waals surface area (Å²) in [5.41, 5.74) is 1.66. The van der Waals surface area contributed by atoms with E-state index < -0.39 is 11.8 Å². The lowest BCUT2D eigenvalue weighted by atomic mass is 10.2. The Labute approximate surface area is 174 Å². The summed E-state index contributed by atoms with van der Waals surface area (Å²) in [7, 11) is 1.32. The highest BCUT2D eigenvalue weighted by Gasteiger charge is 2.10. The van der Waals surface area contributed by atoms with Gasteiger partial charge in [-0.15, -0.1) is 22.0 Å². The molecule has 0 saturated heterocycles. The van der Waals surface area contributed by atoms with Crippen LogP contribution in [0.15, 0.2) is 41.3 Å². The molecule has 0 aliphatic carbocycles. The molecule has 0 radical (unpaired) electrons. The van der Waals surface area contributed by atoms with Crippen LogP contribution in [-0.4, -0.2) is 29.9 Å². The lowest BCUT2D eigenvalue weighted by Gasteiger charge is -2.09. The standard InChI is InChI=1S/C19H16ClFN2O3S2/c1-11-7-13(4-6-16(11)26-9-18(24)25-2)27-10-17-22-23-19(28-17)12-3-5-15(21)14(20)8-12/h3-8H,9-10H2,1-2H3. The van der Waals surface area contributed by atoms with E-state index in [2.05, 4.69) is 14.9 Å². The molecule has 0 atom stereocenters. The van der Waals surface area contributed by atoms with Gasteiger partial charge >= 0.3 is 5.97 Å². The van der Waals surface area contributed by atoms with Crippen molar-refractivity contribution >= 4 is 40.7 Å². The Kier molecular flexibility index (Phi) is 6.88. The van der Waals surface area contributed by atoms with Gasteiger partial charge in [-0.2, -0.15) is 0 Å². The first-order valence-electron chi connectivity index (χ1n) is 8.17. The molecule has 0 aliphatic rings. The van der Waals surface area contributed by atoms with Crippen LogP contribution in [0.2, 0.25) is 5.02 Å². The van der Waals surface area contributed by atoms with Crippen LogP contribution in [0.5, 0.6) is 5.75 Å². The van der Waals surface area contributed by atoms with Crippen LogP contribution in [0.3, 0.4) is 0 Å². The maximum absolute atomic E-state index is 13.3. The fraction of sp³-hybridized carbons (Fsp3) is 0.211. The van der Waals surface area contributed by atoms with Gasteiger partial charge in [0.1, 0.15) is 21.6 Å². The number of halogens is 2. The fourth-order valence-electron chi connectivity index (χ4n) is 2.27. The van der Waals surface area contributed by atoms with Gasteiger partial charge < -0.3 is 9.47 Å². The summed E-state index contributed by atoms with van der Waals surface area (Å²) >= 11 is 8.88. The van der Waals surface area contributed by atoms with Crippen LogP contribution in [0, 0.1) is 12.7 Å². The zero-order valence-corrected chi connectivity index (χ0v) is 17.5. The minimum Gasteiger partial charge on any atom is -0.482 e. The largest absolute Gasteiger partial charge is 0.482 e. The average molecular weight is 439 g/mol. The molecule has 146 valence electrons. The Bertz CT molecular complexity index is 997. The van der Waals surface area contributed by atoms with Crippen molar-refractivity contribution in [2.75, 3.05) is 13.7 Å². The number of carbonyl (C=O) groups excluding carboxylic acids is 1. The molecule has 0 amide bonds. The molecule has 28 heavy (non-hydrogen) atoms. The highest BCUT2D eigenvalue weighted by Crippen LogP contribution is 2.32. The van der Waals surface area contributed by atoms with Crippen molar-refractivity contribution in [1.82, 2.24) is 10.2 Å². The monoisotopic (exact) mass is 438 g/mol. The summed E-state index contributed by atoms with van der Waals surface area (Å²) in [6.07, 6.45) is 0. The predicted molar refractivity (Wildman–Crippen MR) is 109 cm³/mol. The van der Waals surface area contributed by atoms with E-state index in [1.165, 1.54) is 24.5 Å². The van der Waals surface area contributed by atoms with Crippen molar-refractivity contribution in [2.24, 2.45) is 0 Å². The SMILES string of the molecule is COC(=O)COc1ccc(SCc2nnc(-c3ccc(F)c(Cl)c3)s2)cc1C. The highest BCUT2D eigenvalue weighted by molar-refractivity contribution is 7.98. The summed E-state index contributed by atoms with van der Waals surface area (Å²) in [6.45, 7) is 1.79. The summed E-state index contributed by atoms with van der Waals surface area (Å²) in [4.78, 5) is 12.2. The number of carbonyl (C=O) groups is 1. The van der Waals surface area contributed by atoms with Gasteiger partial charge in [-0.05, 0) is 48.9 Å². The third-order valence-electron chi connectivity index (χ3n) is 3.72. The van der Waals surface area contributed by atoms with E-state index in [-0.39, 0.29) is 11.6 Å². The lowest BCUT2D eigenvalue weighted by molar-refractivity contribution is -0.142. The molecule has 0 aliphatic heterocycles. The number of nitrogens with zero attached hydrogens (tertiary/aromatic N) is 2. The Morgan fingerprint density at radius 2 is 2.07 bits per heavy atom. The fourth-order valence-corrected chi connectivity index (χ4v) is 4.27. The summed E-state index contributed by atoms with van der Waals surface area (Å²) < 4.78 is 23.3. The molecule has 9 heteroatoms. The van der Waals surface area contributed by atoms with Gasteiger partial charge in [-0.25, -0.2) is 9.18 Å². The second-order valence-electron chi connectivity index (χ2n) is 5.71. The van der Waals surface area contributed by atoms with Crippen molar-refractivity contribution in [3.8, 4) is 16.3 Å². The molecule has 0 bridgehead atoms. The van der Waals surface area contributed by atoms with E-state index in [0.717, 1.165) is 21.0 Å². The van der Waals surface area contributed by atoms with Crippen LogP contribution in [0.1, 0.15) is 10.6 Å². The van der Waals surface area contributed by atoms with Crippen LogP contribution in [-0.2, 0) is 15.3 Å². The Morgan fingerprint density at radius 1 is 1.25 bits per heavy atom. The molecule has 0 fully saturated rings. The van der Waals surface area contributed by atoms with Gasteiger partial charge in [0.05, 0.1) is 17.9 Å². The zero-order chi connectivity index (χ0) is 20.1. The molecule has 0 unspecified atom stereocenters. The molecule has 5 nitrogen and oxygen atoms in total. The molecule has 1 aromatic heterocycles. The highest BCUT2D eigenvalue weighted by atomic mass is 35.5. The number of methoxy groups -OCH3 is 1. The van der Waals surface area contributed by atoms with Gasteiger partial charge in [0, 0.05) is 10.5 Å². The molecular formula is C19H16ClFN2O3S2. The number of hydrogen-bond donors (Lipinski definition) is 0. The summed E-state index contributed by atoms with van der Waals surface area (Å²) in [5, 5.41) is 9.96. The number of thioether (sulfide) groups is 1. The average Bonchev–Trinajstić information content (AvgIpc) is 3.16. The van der Waals surface area contributed by atoms with Crippen LogP contribution < -0.4 is 4.74 Å². The minimum absolute atomic E-state index is 0.0635. The quantitative estimate of drug-likeness (QED) is 0.375. The minimum atomic E-state index is -0.458. The van der Waals surface area contributed by atoms with Gasteiger partial charge in [0.25, 0.3) is 0 Å². The molecule has 2 aromatic carbocycles. The Hall–Kier alpha value is -2.16. The number of ether oxygens (including phenoxy) is 2. The van der Waals surface area contributed by atoms with E-state index in [4.69, 9.17) is 16.3 Å². The topological polar surface area (TPSA) is 61.3 Å². The molecule has 0 N–H and O–H groups in total. The zero-order valence-electron chi connectivity index (χ0n) is 15.1. The second kappa shape index (κ2) is 9.36. The predicted octanol–water partition coefficient (Wildman–Crippen LogP) is 5.15. The van der Waals surface area contributed by atoms with E-state index in [1.807, 2.05) is 25.1 Å². The van der Waals surface area contributed by atoms with Gasteiger partial charge in [-0.3, -0.25) is 0 Å². The summed E-state index contributed by atoms with van der Waals surface area (Å²) in [6, 6.07) is 10.2. The normalized spacial score (nSPS) is 10.7. The van der Waals surface area contributed by atoms with Crippen molar-refractivity contribution < 1.29 is 18.7 Å². The first-order chi connectivity index (χ1) is 13.5. The van der Waals surface area contributed by atoms with E-state index >= 15 is 0 Å². The maximum atomic E-state index is 13.3. The van der Waals surface area contributed by atoms with Gasteiger partial charge in [0.2, 0.25) is 0 Å². The number of esters is 1. The van der Waals surface area contributed by atoms with Crippen molar-refractivity contribution in [3.63, 3.8) is 0 Å².